The first-order valence-electron chi connectivity index (χ1n) is 12.7. The molecule has 1 saturated heterocycles. The predicted molar refractivity (Wildman–Crippen MR) is 138 cm³/mol. The summed E-state index contributed by atoms with van der Waals surface area (Å²) >= 11 is 0. The Hall–Kier alpha value is -2.89. The molecular weight excluding hydrogens is 461 g/mol. The molecule has 0 aromatic heterocycles. The van der Waals surface area contributed by atoms with Crippen molar-refractivity contribution in [2.45, 2.75) is 58.2 Å². The van der Waals surface area contributed by atoms with Crippen molar-refractivity contribution in [1.29, 1.82) is 0 Å². The molecular formula is C31H33F3O2. The highest BCUT2D eigenvalue weighted by Crippen LogP contribution is 2.32. The molecule has 0 atom stereocenters. The minimum absolute atomic E-state index is 0.171. The van der Waals surface area contributed by atoms with Crippen molar-refractivity contribution in [3.05, 3.63) is 95.3 Å². The monoisotopic (exact) mass is 494 g/mol. The lowest BCUT2D eigenvalue weighted by Gasteiger charge is -2.28. The van der Waals surface area contributed by atoms with Crippen LogP contribution in [-0.2, 0) is 15.9 Å². The fourth-order valence-corrected chi connectivity index (χ4v) is 4.59. The Morgan fingerprint density at radius 1 is 0.806 bits per heavy atom. The number of halogens is 3. The summed E-state index contributed by atoms with van der Waals surface area (Å²) in [6.07, 6.45) is 7.91. The molecule has 5 heteroatoms. The molecule has 1 aliphatic heterocycles. The lowest BCUT2D eigenvalue weighted by Crippen LogP contribution is -2.29. The van der Waals surface area contributed by atoms with E-state index < -0.39 is 11.6 Å². The average molecular weight is 495 g/mol. The van der Waals surface area contributed by atoms with E-state index in [1.165, 1.54) is 6.07 Å². The number of benzene rings is 3. The number of unbranched alkanes of at least 4 members (excludes halogenated alkanes) is 3. The van der Waals surface area contributed by atoms with Crippen molar-refractivity contribution < 1.29 is 22.6 Å². The van der Waals surface area contributed by atoms with Crippen LogP contribution in [0.25, 0.3) is 22.3 Å². The molecule has 4 rings (SSSR count). The van der Waals surface area contributed by atoms with Crippen molar-refractivity contribution in [1.82, 2.24) is 0 Å². The minimum Gasteiger partial charge on any atom is -0.348 e. The summed E-state index contributed by atoms with van der Waals surface area (Å²) < 4.78 is 55.7. The van der Waals surface area contributed by atoms with Gasteiger partial charge in [-0.25, -0.2) is 13.2 Å². The average Bonchev–Trinajstić information content (AvgIpc) is 2.90. The van der Waals surface area contributed by atoms with Crippen molar-refractivity contribution in [3.63, 3.8) is 0 Å². The van der Waals surface area contributed by atoms with E-state index >= 15 is 0 Å². The molecule has 3 aromatic rings. The van der Waals surface area contributed by atoms with Gasteiger partial charge in [0, 0.05) is 11.5 Å². The highest BCUT2D eigenvalue weighted by Gasteiger charge is 2.24. The summed E-state index contributed by atoms with van der Waals surface area (Å²) in [6.45, 7) is 4.79. The van der Waals surface area contributed by atoms with Crippen LogP contribution in [0.2, 0.25) is 0 Å². The zero-order valence-electron chi connectivity index (χ0n) is 20.9. The fourth-order valence-electron chi connectivity index (χ4n) is 4.59. The van der Waals surface area contributed by atoms with Gasteiger partial charge in [0.15, 0.2) is 17.9 Å². The fraction of sp³-hybridized carbons (Fsp3) is 0.355. The molecule has 0 saturated carbocycles. The smallest absolute Gasteiger partial charge is 0.176 e. The highest BCUT2D eigenvalue weighted by molar-refractivity contribution is 5.71. The summed E-state index contributed by atoms with van der Waals surface area (Å²) in [5.74, 6) is -2.07. The van der Waals surface area contributed by atoms with Gasteiger partial charge in [0.05, 0.1) is 13.2 Å². The Morgan fingerprint density at radius 3 is 2.17 bits per heavy atom. The Kier molecular flexibility index (Phi) is 9.00. The molecule has 0 bridgehead atoms. The van der Waals surface area contributed by atoms with Gasteiger partial charge in [-0.3, -0.25) is 0 Å². The van der Waals surface area contributed by atoms with Gasteiger partial charge in [-0.2, -0.15) is 0 Å². The Labute approximate surface area is 211 Å². The molecule has 0 spiro atoms. The quantitative estimate of drug-likeness (QED) is 0.219. The van der Waals surface area contributed by atoms with E-state index in [0.717, 1.165) is 31.2 Å². The maximum Gasteiger partial charge on any atom is 0.176 e. The van der Waals surface area contributed by atoms with Crippen LogP contribution in [0.3, 0.4) is 0 Å². The molecule has 0 amide bonds. The number of allylic oxidation sites excluding steroid dienone is 1. The maximum absolute atomic E-state index is 15.0. The van der Waals surface area contributed by atoms with Crippen LogP contribution < -0.4 is 0 Å². The van der Waals surface area contributed by atoms with Gasteiger partial charge < -0.3 is 9.47 Å². The predicted octanol–water partition coefficient (Wildman–Crippen LogP) is 8.59. The van der Waals surface area contributed by atoms with E-state index in [2.05, 4.69) is 6.92 Å². The van der Waals surface area contributed by atoms with Gasteiger partial charge in [-0.15, -0.1) is 0 Å². The number of hydrogen-bond donors (Lipinski definition) is 0. The molecule has 0 N–H and O–H groups in total. The molecule has 2 nitrogen and oxygen atoms in total. The normalized spacial score (nSPS) is 18.1. The molecule has 0 radical (unpaired) electrons. The third kappa shape index (κ3) is 6.08. The van der Waals surface area contributed by atoms with E-state index in [1.54, 1.807) is 42.5 Å². The number of aryl methyl sites for hydroxylation is 1. The second-order valence-electron chi connectivity index (χ2n) is 9.28. The SMILES string of the molecule is CC=CC1OCC(c2ccc(-c3ccc(-c4ccc(CCCCCC)c(F)c4F)cc3)cc2F)CO1. The molecule has 0 aliphatic carbocycles. The molecule has 36 heavy (non-hydrogen) atoms. The topological polar surface area (TPSA) is 18.5 Å². The first kappa shape index (κ1) is 26.2. The molecule has 3 aromatic carbocycles. The third-order valence-electron chi connectivity index (χ3n) is 6.70. The van der Waals surface area contributed by atoms with Crippen LogP contribution in [0.4, 0.5) is 13.2 Å². The van der Waals surface area contributed by atoms with E-state index in [-0.39, 0.29) is 23.6 Å². The molecule has 190 valence electrons. The van der Waals surface area contributed by atoms with Crippen molar-refractivity contribution >= 4 is 0 Å². The molecule has 0 unspecified atom stereocenters. The first-order valence-corrected chi connectivity index (χ1v) is 12.7. The van der Waals surface area contributed by atoms with Gasteiger partial charge in [0.25, 0.3) is 0 Å². The zero-order chi connectivity index (χ0) is 25.5. The Bertz CT molecular complexity index is 1180. The standard InChI is InChI=1S/C31H33F3O2/c1-3-5-6-7-9-23-14-17-27(31(34)30(23)33)22-12-10-21(11-13-22)24-15-16-26(28(32)18-24)25-19-35-29(8-4-2)36-20-25/h4,8,10-18,25,29H,3,5-7,9,19-20H2,1-2H3. The van der Waals surface area contributed by atoms with E-state index in [4.69, 9.17) is 9.47 Å². The molecule has 1 aliphatic rings. The maximum atomic E-state index is 15.0. The third-order valence-corrected chi connectivity index (χ3v) is 6.70. The summed E-state index contributed by atoms with van der Waals surface area (Å²) in [5, 5.41) is 0. The summed E-state index contributed by atoms with van der Waals surface area (Å²) in [7, 11) is 0. The number of hydrogen-bond acceptors (Lipinski definition) is 2. The van der Waals surface area contributed by atoms with Gasteiger partial charge in [-0.05, 0) is 59.7 Å². The number of ether oxygens (including phenoxy) is 2. The summed E-state index contributed by atoms with van der Waals surface area (Å²) in [5.41, 5.74) is 3.29. The van der Waals surface area contributed by atoms with Crippen LogP contribution in [0.15, 0.2) is 66.7 Å². The van der Waals surface area contributed by atoms with Crippen LogP contribution in [0, 0.1) is 17.5 Å². The van der Waals surface area contributed by atoms with Gasteiger partial charge in [0.2, 0.25) is 0 Å². The van der Waals surface area contributed by atoms with E-state index in [1.807, 2.05) is 25.1 Å². The van der Waals surface area contributed by atoms with Crippen LogP contribution in [0.5, 0.6) is 0 Å². The van der Waals surface area contributed by atoms with E-state index in [9.17, 15) is 13.2 Å². The van der Waals surface area contributed by atoms with Crippen LogP contribution in [-0.4, -0.2) is 19.5 Å². The van der Waals surface area contributed by atoms with Crippen molar-refractivity contribution in [3.8, 4) is 22.3 Å². The van der Waals surface area contributed by atoms with Crippen molar-refractivity contribution in [2.75, 3.05) is 13.2 Å². The largest absolute Gasteiger partial charge is 0.348 e. The lowest BCUT2D eigenvalue weighted by atomic mass is 9.94. The lowest BCUT2D eigenvalue weighted by molar-refractivity contribution is -0.159. The van der Waals surface area contributed by atoms with Gasteiger partial charge >= 0.3 is 0 Å². The Morgan fingerprint density at radius 2 is 1.50 bits per heavy atom. The number of rotatable bonds is 9. The van der Waals surface area contributed by atoms with Gasteiger partial charge in [-0.1, -0.05) is 80.8 Å². The second kappa shape index (κ2) is 12.4. The van der Waals surface area contributed by atoms with Gasteiger partial charge in [0.1, 0.15) is 5.82 Å². The zero-order valence-corrected chi connectivity index (χ0v) is 20.9. The van der Waals surface area contributed by atoms with Crippen molar-refractivity contribution in [2.24, 2.45) is 0 Å². The Balaban J connectivity index is 1.46. The van der Waals surface area contributed by atoms with E-state index in [0.29, 0.717) is 41.9 Å². The minimum atomic E-state index is -0.820. The van der Waals surface area contributed by atoms with Crippen LogP contribution in [0.1, 0.15) is 56.6 Å². The molecule has 1 heterocycles. The summed E-state index contributed by atoms with van der Waals surface area (Å²) in [4.78, 5) is 0. The first-order chi connectivity index (χ1) is 17.5. The second-order valence-corrected chi connectivity index (χ2v) is 9.28. The highest BCUT2D eigenvalue weighted by atomic mass is 19.2. The molecule has 1 fully saturated rings. The van der Waals surface area contributed by atoms with Crippen LogP contribution >= 0.6 is 0 Å². The summed E-state index contributed by atoms with van der Waals surface area (Å²) in [6, 6.07) is 15.5.